The van der Waals surface area contributed by atoms with Crippen LogP contribution >= 0.6 is 0 Å². The van der Waals surface area contributed by atoms with Crippen molar-refractivity contribution in [2.45, 2.75) is 50.9 Å². The molecule has 0 atom stereocenters. The van der Waals surface area contributed by atoms with E-state index in [1.807, 2.05) is 0 Å². The molecule has 2 fully saturated rings. The van der Waals surface area contributed by atoms with Crippen LogP contribution < -0.4 is 5.73 Å². The van der Waals surface area contributed by atoms with Gasteiger partial charge in [0.15, 0.2) is 0 Å². The summed E-state index contributed by atoms with van der Waals surface area (Å²) in [5.41, 5.74) is 5.84. The van der Waals surface area contributed by atoms with Gasteiger partial charge in [-0.25, -0.2) is 8.78 Å². The maximum atomic E-state index is 13.2. The summed E-state index contributed by atoms with van der Waals surface area (Å²) in [5, 5.41) is 0. The van der Waals surface area contributed by atoms with Gasteiger partial charge in [-0.15, -0.1) is 0 Å². The van der Waals surface area contributed by atoms with Crippen molar-refractivity contribution >= 4 is 0 Å². The molecule has 17 heavy (non-hydrogen) atoms. The van der Waals surface area contributed by atoms with Crippen molar-refractivity contribution in [2.75, 3.05) is 26.2 Å². The predicted octanol–water partition coefficient (Wildman–Crippen LogP) is 2.63. The Kier molecular flexibility index (Phi) is 4.03. The highest BCUT2D eigenvalue weighted by Gasteiger charge is 2.42. The second-order valence-electron chi connectivity index (χ2n) is 5.86. The molecule has 0 aromatic carbocycles. The topological polar surface area (TPSA) is 29.3 Å². The minimum atomic E-state index is -2.44. The molecule has 0 amide bonds. The average molecular weight is 246 g/mol. The molecule has 1 aliphatic heterocycles. The monoisotopic (exact) mass is 246 g/mol. The molecule has 0 aromatic rings. The molecule has 4 heteroatoms. The van der Waals surface area contributed by atoms with Gasteiger partial charge >= 0.3 is 0 Å². The van der Waals surface area contributed by atoms with E-state index in [4.69, 9.17) is 5.73 Å². The summed E-state index contributed by atoms with van der Waals surface area (Å²) < 4.78 is 26.3. The molecule has 0 bridgehead atoms. The normalized spacial score (nSPS) is 28.4. The zero-order valence-corrected chi connectivity index (χ0v) is 10.6. The summed E-state index contributed by atoms with van der Waals surface area (Å²) in [7, 11) is 0. The molecular weight excluding hydrogens is 222 g/mol. The molecule has 2 N–H and O–H groups in total. The van der Waals surface area contributed by atoms with E-state index >= 15 is 0 Å². The SMILES string of the molecule is NCC1(CCN2CCCC2)CCC(F)(F)CC1. The third kappa shape index (κ3) is 3.38. The summed E-state index contributed by atoms with van der Waals surface area (Å²) in [5.74, 6) is -2.44. The smallest absolute Gasteiger partial charge is 0.248 e. The van der Waals surface area contributed by atoms with Gasteiger partial charge in [-0.3, -0.25) is 0 Å². The molecule has 0 aromatic heterocycles. The fourth-order valence-electron chi connectivity index (χ4n) is 3.10. The molecule has 0 spiro atoms. The van der Waals surface area contributed by atoms with E-state index in [1.54, 1.807) is 0 Å². The van der Waals surface area contributed by atoms with Gasteiger partial charge in [0.1, 0.15) is 0 Å². The predicted molar refractivity (Wildman–Crippen MR) is 65.2 cm³/mol. The molecular formula is C13H24F2N2. The van der Waals surface area contributed by atoms with Gasteiger partial charge in [-0.05, 0) is 63.7 Å². The lowest BCUT2D eigenvalue weighted by atomic mass is 9.70. The molecule has 100 valence electrons. The maximum Gasteiger partial charge on any atom is 0.248 e. The number of likely N-dealkylation sites (tertiary alicyclic amines) is 1. The first kappa shape index (κ1) is 13.2. The van der Waals surface area contributed by atoms with Crippen LogP contribution in [0.2, 0.25) is 0 Å². The Labute approximate surface area is 103 Å². The number of hydrogen-bond donors (Lipinski definition) is 1. The van der Waals surface area contributed by atoms with Crippen LogP contribution in [0.15, 0.2) is 0 Å². The molecule has 2 aliphatic rings. The highest BCUT2D eigenvalue weighted by atomic mass is 19.3. The van der Waals surface area contributed by atoms with E-state index in [2.05, 4.69) is 4.90 Å². The third-order valence-corrected chi connectivity index (χ3v) is 4.63. The van der Waals surface area contributed by atoms with E-state index in [9.17, 15) is 8.78 Å². The van der Waals surface area contributed by atoms with Crippen LogP contribution in [-0.4, -0.2) is 37.0 Å². The van der Waals surface area contributed by atoms with Gasteiger partial charge in [0.05, 0.1) is 0 Å². The Balaban J connectivity index is 1.82. The van der Waals surface area contributed by atoms with Crippen molar-refractivity contribution in [3.63, 3.8) is 0 Å². The number of rotatable bonds is 4. The van der Waals surface area contributed by atoms with E-state index in [-0.39, 0.29) is 18.3 Å². The van der Waals surface area contributed by atoms with Crippen molar-refractivity contribution in [1.82, 2.24) is 4.90 Å². The van der Waals surface area contributed by atoms with Crippen LogP contribution in [0.1, 0.15) is 44.9 Å². The Morgan fingerprint density at radius 1 is 1.00 bits per heavy atom. The van der Waals surface area contributed by atoms with Crippen LogP contribution in [0.25, 0.3) is 0 Å². The Bertz CT molecular complexity index is 240. The van der Waals surface area contributed by atoms with Crippen molar-refractivity contribution < 1.29 is 8.78 Å². The minimum absolute atomic E-state index is 0.00965. The molecule has 0 radical (unpaired) electrons. The third-order valence-electron chi connectivity index (χ3n) is 4.63. The van der Waals surface area contributed by atoms with Crippen molar-refractivity contribution in [3.05, 3.63) is 0 Å². The summed E-state index contributed by atoms with van der Waals surface area (Å²) >= 11 is 0. The highest BCUT2D eigenvalue weighted by molar-refractivity contribution is 4.90. The standard InChI is InChI=1S/C13H24F2N2/c14-13(15)5-3-12(11-16,4-6-13)7-10-17-8-1-2-9-17/h1-11,16H2. The van der Waals surface area contributed by atoms with Gasteiger partial charge in [-0.1, -0.05) is 0 Å². The highest BCUT2D eigenvalue weighted by Crippen LogP contribution is 2.45. The summed E-state index contributed by atoms with van der Waals surface area (Å²) in [4.78, 5) is 2.45. The lowest BCUT2D eigenvalue weighted by Crippen LogP contribution is -2.40. The van der Waals surface area contributed by atoms with Crippen LogP contribution in [0.5, 0.6) is 0 Å². The van der Waals surface area contributed by atoms with Crippen molar-refractivity contribution in [2.24, 2.45) is 11.1 Å². The molecule has 1 heterocycles. The quantitative estimate of drug-likeness (QED) is 0.826. The summed E-state index contributed by atoms with van der Waals surface area (Å²) in [6, 6.07) is 0. The zero-order valence-electron chi connectivity index (χ0n) is 10.6. The minimum Gasteiger partial charge on any atom is -0.330 e. The van der Waals surface area contributed by atoms with Crippen LogP contribution in [0.4, 0.5) is 8.78 Å². The summed E-state index contributed by atoms with van der Waals surface area (Å²) in [6.45, 7) is 3.97. The van der Waals surface area contributed by atoms with E-state index < -0.39 is 5.92 Å². The van der Waals surface area contributed by atoms with Gasteiger partial charge in [0.2, 0.25) is 5.92 Å². The number of halogens is 2. The zero-order chi connectivity index (χ0) is 12.4. The van der Waals surface area contributed by atoms with Gasteiger partial charge in [0.25, 0.3) is 0 Å². The number of nitrogens with two attached hydrogens (primary N) is 1. The first-order chi connectivity index (χ1) is 8.05. The Morgan fingerprint density at radius 3 is 2.12 bits per heavy atom. The number of nitrogens with zero attached hydrogens (tertiary/aromatic N) is 1. The molecule has 2 nitrogen and oxygen atoms in total. The molecule has 0 unspecified atom stereocenters. The van der Waals surface area contributed by atoms with Gasteiger partial charge in [-0.2, -0.15) is 0 Å². The van der Waals surface area contributed by atoms with E-state index in [0.717, 1.165) is 13.0 Å². The second-order valence-corrected chi connectivity index (χ2v) is 5.86. The fourth-order valence-corrected chi connectivity index (χ4v) is 3.10. The summed E-state index contributed by atoms with van der Waals surface area (Å²) in [6.07, 6.45) is 4.84. The fraction of sp³-hybridized carbons (Fsp3) is 1.00. The first-order valence-electron chi connectivity index (χ1n) is 6.86. The largest absolute Gasteiger partial charge is 0.330 e. The van der Waals surface area contributed by atoms with Crippen LogP contribution in [0.3, 0.4) is 0 Å². The van der Waals surface area contributed by atoms with E-state index in [1.165, 1.54) is 25.9 Å². The lowest BCUT2D eigenvalue weighted by Gasteiger charge is -2.40. The molecule has 1 saturated heterocycles. The lowest BCUT2D eigenvalue weighted by molar-refractivity contribution is -0.0679. The van der Waals surface area contributed by atoms with Crippen molar-refractivity contribution in [1.29, 1.82) is 0 Å². The Hall–Kier alpha value is -0.220. The maximum absolute atomic E-state index is 13.2. The Morgan fingerprint density at radius 2 is 1.59 bits per heavy atom. The average Bonchev–Trinajstić information content (AvgIpc) is 2.82. The van der Waals surface area contributed by atoms with E-state index in [0.29, 0.717) is 19.4 Å². The van der Waals surface area contributed by atoms with Crippen LogP contribution in [0, 0.1) is 5.41 Å². The molecule has 1 aliphatic carbocycles. The van der Waals surface area contributed by atoms with Crippen molar-refractivity contribution in [3.8, 4) is 0 Å². The molecule has 1 saturated carbocycles. The number of hydrogen-bond acceptors (Lipinski definition) is 2. The van der Waals surface area contributed by atoms with Gasteiger partial charge in [0, 0.05) is 12.8 Å². The number of alkyl halides is 2. The van der Waals surface area contributed by atoms with Gasteiger partial charge < -0.3 is 10.6 Å². The first-order valence-corrected chi connectivity index (χ1v) is 6.86. The van der Waals surface area contributed by atoms with Crippen LogP contribution in [-0.2, 0) is 0 Å². The second kappa shape index (κ2) is 5.19. The molecule has 2 rings (SSSR count).